The number of ketones is 1. The smallest absolute Gasteiger partial charge is 0.264 e. The molecule has 0 saturated carbocycles. The second kappa shape index (κ2) is 6.98. The van der Waals surface area contributed by atoms with Crippen LogP contribution in [0.5, 0.6) is 0 Å². The van der Waals surface area contributed by atoms with E-state index in [0.29, 0.717) is 10.6 Å². The number of amides is 1. The second-order valence-corrected chi connectivity index (χ2v) is 8.27. The Morgan fingerprint density at radius 2 is 1.68 bits per heavy atom. The normalized spacial score (nSPS) is 11.8. The maximum Gasteiger partial charge on any atom is 0.264 e. The second-order valence-electron chi connectivity index (χ2n) is 6.15. The van der Waals surface area contributed by atoms with E-state index in [-0.39, 0.29) is 16.2 Å². The molecule has 0 aliphatic rings. The molecule has 0 aliphatic carbocycles. The van der Waals surface area contributed by atoms with Gasteiger partial charge in [0.25, 0.3) is 10.0 Å². The van der Waals surface area contributed by atoms with E-state index in [1.165, 1.54) is 31.2 Å². The zero-order valence-corrected chi connectivity index (χ0v) is 15.6. The van der Waals surface area contributed by atoms with Crippen LogP contribution in [-0.4, -0.2) is 20.1 Å². The molecule has 0 fully saturated rings. The third-order valence-electron chi connectivity index (χ3n) is 3.89. The van der Waals surface area contributed by atoms with Gasteiger partial charge in [0.15, 0.2) is 5.78 Å². The van der Waals surface area contributed by atoms with Crippen LogP contribution in [0.4, 0.5) is 0 Å². The Morgan fingerprint density at radius 1 is 1.04 bits per heavy atom. The van der Waals surface area contributed by atoms with Gasteiger partial charge in [-0.15, -0.1) is 0 Å². The van der Waals surface area contributed by atoms with Crippen molar-refractivity contribution in [3.63, 3.8) is 0 Å². The molecular formula is C18H18ClNO4S. The van der Waals surface area contributed by atoms with Gasteiger partial charge in [0.05, 0.1) is 10.3 Å². The van der Waals surface area contributed by atoms with Crippen molar-refractivity contribution in [1.29, 1.82) is 0 Å². The summed E-state index contributed by atoms with van der Waals surface area (Å²) in [6, 6.07) is 12.2. The molecule has 0 bridgehead atoms. The van der Waals surface area contributed by atoms with Crippen LogP contribution in [0.25, 0.3) is 0 Å². The molecule has 25 heavy (non-hydrogen) atoms. The van der Waals surface area contributed by atoms with Crippen molar-refractivity contribution < 1.29 is 18.0 Å². The van der Waals surface area contributed by atoms with Crippen molar-refractivity contribution >= 4 is 33.3 Å². The number of sulfonamides is 1. The lowest BCUT2D eigenvalue weighted by Crippen LogP contribution is -2.43. The van der Waals surface area contributed by atoms with Crippen molar-refractivity contribution in [2.75, 3.05) is 0 Å². The van der Waals surface area contributed by atoms with E-state index >= 15 is 0 Å². The summed E-state index contributed by atoms with van der Waals surface area (Å²) >= 11 is 5.95. The first kappa shape index (κ1) is 19.1. The predicted octanol–water partition coefficient (Wildman–Crippen LogP) is 3.33. The number of benzene rings is 2. The van der Waals surface area contributed by atoms with Crippen LogP contribution in [0.3, 0.4) is 0 Å². The Bertz CT molecular complexity index is 936. The first-order valence-electron chi connectivity index (χ1n) is 7.48. The lowest BCUT2D eigenvalue weighted by Gasteiger charge is -2.24. The van der Waals surface area contributed by atoms with Crippen LogP contribution in [-0.2, 0) is 20.2 Å². The zero-order valence-electron chi connectivity index (χ0n) is 14.0. The van der Waals surface area contributed by atoms with Crippen molar-refractivity contribution in [2.24, 2.45) is 0 Å². The summed E-state index contributed by atoms with van der Waals surface area (Å²) in [7, 11) is -4.10. The van der Waals surface area contributed by atoms with Crippen LogP contribution >= 0.6 is 11.6 Å². The highest BCUT2D eigenvalue weighted by Crippen LogP contribution is 2.26. The van der Waals surface area contributed by atoms with Crippen molar-refractivity contribution in [2.45, 2.75) is 31.1 Å². The molecule has 132 valence electrons. The minimum atomic E-state index is -4.10. The van der Waals surface area contributed by atoms with Gasteiger partial charge in [-0.05, 0) is 50.6 Å². The molecule has 0 aliphatic heterocycles. The van der Waals surface area contributed by atoms with E-state index in [9.17, 15) is 18.0 Å². The van der Waals surface area contributed by atoms with Crippen molar-refractivity contribution in [3.8, 4) is 0 Å². The number of nitrogens with one attached hydrogen (secondary N) is 1. The average molecular weight is 380 g/mol. The molecule has 0 heterocycles. The number of hydrogen-bond acceptors (Lipinski definition) is 4. The third-order valence-corrected chi connectivity index (χ3v) is 5.46. The molecule has 0 atom stereocenters. The van der Waals surface area contributed by atoms with Gasteiger partial charge >= 0.3 is 0 Å². The summed E-state index contributed by atoms with van der Waals surface area (Å²) < 4.78 is 27.1. The molecule has 1 amide bonds. The zero-order chi connectivity index (χ0) is 18.8. The van der Waals surface area contributed by atoms with Gasteiger partial charge < -0.3 is 0 Å². The number of carbonyl (C=O) groups excluding carboxylic acids is 2. The highest BCUT2D eigenvalue weighted by atomic mass is 35.5. The summed E-state index contributed by atoms with van der Waals surface area (Å²) in [5.41, 5.74) is -0.273. The molecule has 1 N–H and O–H groups in total. The molecule has 0 saturated heterocycles. The number of hydrogen-bond donors (Lipinski definition) is 1. The van der Waals surface area contributed by atoms with Crippen molar-refractivity contribution in [1.82, 2.24) is 4.72 Å². The van der Waals surface area contributed by atoms with E-state index in [1.54, 1.807) is 38.1 Å². The van der Waals surface area contributed by atoms with E-state index in [0.717, 1.165) is 0 Å². The van der Waals surface area contributed by atoms with Gasteiger partial charge in [-0.2, -0.15) is 0 Å². The Kier molecular flexibility index (Phi) is 5.34. The standard InChI is InChI=1S/C18H18ClNO4S/c1-12(21)13-6-4-9-16(10-13)25(23,24)20-17(22)18(2,3)14-7-5-8-15(19)11-14/h4-11H,1-3H3,(H,20,22). The van der Waals surface area contributed by atoms with Gasteiger partial charge in [0.1, 0.15) is 0 Å². The lowest BCUT2D eigenvalue weighted by atomic mass is 9.84. The average Bonchev–Trinajstić information content (AvgIpc) is 2.54. The summed E-state index contributed by atoms with van der Waals surface area (Å²) in [4.78, 5) is 23.9. The minimum absolute atomic E-state index is 0.143. The first-order valence-corrected chi connectivity index (χ1v) is 9.34. The summed E-state index contributed by atoms with van der Waals surface area (Å²) in [5, 5.41) is 0.454. The number of halogens is 1. The number of Topliss-reactive ketones (excluding diaryl/α,β-unsaturated/α-hetero) is 1. The molecule has 2 aromatic carbocycles. The molecule has 0 radical (unpaired) electrons. The SMILES string of the molecule is CC(=O)c1cccc(S(=O)(=O)NC(=O)C(C)(C)c2cccc(Cl)c2)c1. The van der Waals surface area contributed by atoms with Crippen LogP contribution < -0.4 is 4.72 Å². The largest absolute Gasteiger partial charge is 0.295 e. The Balaban J connectivity index is 2.32. The molecule has 0 unspecified atom stereocenters. The van der Waals surface area contributed by atoms with Gasteiger partial charge in [-0.3, -0.25) is 9.59 Å². The molecular weight excluding hydrogens is 362 g/mol. The summed E-state index contributed by atoms with van der Waals surface area (Å²) in [5.74, 6) is -0.953. The van der Waals surface area contributed by atoms with E-state index < -0.39 is 21.3 Å². The van der Waals surface area contributed by atoms with Crippen LogP contribution in [0, 0.1) is 0 Å². The molecule has 7 heteroatoms. The highest BCUT2D eigenvalue weighted by molar-refractivity contribution is 7.90. The Morgan fingerprint density at radius 3 is 2.28 bits per heavy atom. The van der Waals surface area contributed by atoms with E-state index in [4.69, 9.17) is 11.6 Å². The molecule has 2 rings (SSSR count). The van der Waals surface area contributed by atoms with E-state index in [1.807, 2.05) is 0 Å². The maximum atomic E-state index is 12.6. The molecule has 0 aromatic heterocycles. The maximum absolute atomic E-state index is 12.6. The Hall–Kier alpha value is -2.18. The lowest BCUT2D eigenvalue weighted by molar-refractivity contribution is -0.123. The quantitative estimate of drug-likeness (QED) is 0.808. The minimum Gasteiger partial charge on any atom is -0.295 e. The summed E-state index contributed by atoms with van der Waals surface area (Å²) in [6.45, 7) is 4.55. The monoisotopic (exact) mass is 379 g/mol. The van der Waals surface area contributed by atoms with Crippen LogP contribution in [0.1, 0.15) is 36.7 Å². The predicted molar refractivity (Wildman–Crippen MR) is 96.3 cm³/mol. The number of carbonyl (C=O) groups is 2. The molecule has 2 aromatic rings. The van der Waals surface area contributed by atoms with Crippen molar-refractivity contribution in [3.05, 3.63) is 64.7 Å². The third kappa shape index (κ3) is 4.27. The van der Waals surface area contributed by atoms with Gasteiger partial charge in [0.2, 0.25) is 5.91 Å². The van der Waals surface area contributed by atoms with Gasteiger partial charge in [0, 0.05) is 10.6 Å². The fourth-order valence-corrected chi connectivity index (χ4v) is 3.55. The van der Waals surface area contributed by atoms with E-state index in [2.05, 4.69) is 4.72 Å². The number of rotatable bonds is 5. The highest BCUT2D eigenvalue weighted by Gasteiger charge is 2.33. The topological polar surface area (TPSA) is 80.3 Å². The van der Waals surface area contributed by atoms with Gasteiger partial charge in [-0.1, -0.05) is 35.9 Å². The fraction of sp³-hybridized carbons (Fsp3) is 0.222. The molecule has 0 spiro atoms. The summed E-state index contributed by atoms with van der Waals surface area (Å²) in [6.07, 6.45) is 0. The fourth-order valence-electron chi connectivity index (χ4n) is 2.20. The first-order chi connectivity index (χ1) is 11.5. The van der Waals surface area contributed by atoms with Gasteiger partial charge in [-0.25, -0.2) is 13.1 Å². The Labute approximate surface area is 152 Å². The van der Waals surface area contributed by atoms with Crippen LogP contribution in [0.15, 0.2) is 53.4 Å². The van der Waals surface area contributed by atoms with Crippen LogP contribution in [0.2, 0.25) is 5.02 Å². The molecule has 5 nitrogen and oxygen atoms in total.